The van der Waals surface area contributed by atoms with Gasteiger partial charge in [-0.05, 0) is 106 Å². The minimum Gasteiger partial charge on any atom is -0.486 e. The highest BCUT2D eigenvalue weighted by atomic mass is 19.1. The molecule has 2 saturated heterocycles. The van der Waals surface area contributed by atoms with E-state index in [4.69, 9.17) is 29.3 Å². The molecule has 2 bridgehead atoms. The lowest BCUT2D eigenvalue weighted by atomic mass is 9.77. The molecule has 3 aliphatic rings. The lowest BCUT2D eigenvalue weighted by Crippen LogP contribution is -2.50. The first-order valence-corrected chi connectivity index (χ1v) is 24.8. The Morgan fingerprint density at radius 3 is 1.96 bits per heavy atom. The molecule has 6 aromatic carbocycles. The number of carbonyl (C=O) groups is 1. The van der Waals surface area contributed by atoms with E-state index in [2.05, 4.69) is 96.9 Å². The third-order valence-corrected chi connectivity index (χ3v) is 14.4. The van der Waals surface area contributed by atoms with Gasteiger partial charge >= 0.3 is 12.1 Å². The molecule has 2 aliphatic heterocycles. The quantitative estimate of drug-likeness (QED) is 0.106. The highest BCUT2D eigenvalue weighted by molar-refractivity contribution is 6.06. The average molecular weight is 935 g/mol. The molecular weight excluding hydrogens is 876 g/mol. The zero-order valence-corrected chi connectivity index (χ0v) is 40.7. The van der Waals surface area contributed by atoms with Crippen LogP contribution in [0.15, 0.2) is 140 Å². The molecule has 8 aromatic rings. The van der Waals surface area contributed by atoms with Gasteiger partial charge in [0, 0.05) is 47.3 Å². The van der Waals surface area contributed by atoms with Crippen LogP contribution in [0.2, 0.25) is 0 Å². The van der Waals surface area contributed by atoms with E-state index in [0.717, 1.165) is 75.7 Å². The Morgan fingerprint density at radius 1 is 0.786 bits per heavy atom. The fraction of sp³-hybridized carbons (Fsp3) is 0.322. The van der Waals surface area contributed by atoms with Crippen LogP contribution in [0.3, 0.4) is 0 Å². The lowest BCUT2D eigenvalue weighted by molar-refractivity contribution is 0.0214. The van der Waals surface area contributed by atoms with Crippen molar-refractivity contribution >= 4 is 33.7 Å². The Bertz CT molecular complexity index is 3110. The smallest absolute Gasteiger partial charge is 0.410 e. The van der Waals surface area contributed by atoms with Crippen molar-refractivity contribution < 1.29 is 23.4 Å². The van der Waals surface area contributed by atoms with Crippen molar-refractivity contribution in [2.24, 2.45) is 0 Å². The molecule has 11 heteroatoms. The first-order valence-electron chi connectivity index (χ1n) is 24.8. The van der Waals surface area contributed by atoms with Crippen molar-refractivity contribution in [3.8, 4) is 22.9 Å². The van der Waals surface area contributed by atoms with Crippen LogP contribution in [0, 0.1) is 12.7 Å². The number of hydrogen-bond donors (Lipinski definition) is 0. The fourth-order valence-electron chi connectivity index (χ4n) is 10.7. The molecule has 0 N–H and O–H groups in total. The number of likely N-dealkylation sites (tertiary alicyclic amines) is 1. The number of benzene rings is 6. The number of ether oxygens (including phenoxy) is 3. The number of anilines is 1. The van der Waals surface area contributed by atoms with Crippen LogP contribution in [0.25, 0.3) is 32.9 Å². The van der Waals surface area contributed by atoms with E-state index in [9.17, 15) is 4.79 Å². The van der Waals surface area contributed by atoms with Crippen molar-refractivity contribution in [1.82, 2.24) is 24.6 Å². The maximum Gasteiger partial charge on any atom is 0.410 e. The van der Waals surface area contributed by atoms with E-state index in [1.807, 2.05) is 92.7 Å². The molecule has 356 valence electrons. The van der Waals surface area contributed by atoms with Gasteiger partial charge in [0.2, 0.25) is 0 Å². The van der Waals surface area contributed by atoms with Crippen LogP contribution in [0.5, 0.6) is 11.8 Å². The Kier molecular flexibility index (Phi) is 11.6. The Hall–Kier alpha value is -7.27. The normalized spacial score (nSPS) is 17.4. The highest BCUT2D eigenvalue weighted by Crippen LogP contribution is 2.54. The Balaban J connectivity index is 1.17. The van der Waals surface area contributed by atoms with E-state index < -0.39 is 11.1 Å². The molecule has 1 saturated carbocycles. The monoisotopic (exact) mass is 934 g/mol. The van der Waals surface area contributed by atoms with Crippen LogP contribution in [0.4, 0.5) is 15.0 Å². The van der Waals surface area contributed by atoms with Crippen molar-refractivity contribution in [3.05, 3.63) is 179 Å². The van der Waals surface area contributed by atoms with E-state index in [0.29, 0.717) is 41.0 Å². The summed E-state index contributed by atoms with van der Waals surface area (Å²) in [5.41, 5.74) is 6.66. The molecule has 3 fully saturated rings. The lowest BCUT2D eigenvalue weighted by Gasteiger charge is -2.36. The summed E-state index contributed by atoms with van der Waals surface area (Å²) in [5.74, 6) is 1.11. The fourth-order valence-corrected chi connectivity index (χ4v) is 10.7. The third-order valence-electron chi connectivity index (χ3n) is 14.4. The van der Waals surface area contributed by atoms with Gasteiger partial charge in [-0.2, -0.15) is 15.1 Å². The first kappa shape index (κ1) is 45.2. The number of carbonyl (C=O) groups excluding carboxylic acids is 1. The van der Waals surface area contributed by atoms with Gasteiger partial charge in [0.05, 0.1) is 23.7 Å². The molecule has 70 heavy (non-hydrogen) atoms. The number of nitrogens with zero attached hydrogens (tertiary/aromatic N) is 6. The summed E-state index contributed by atoms with van der Waals surface area (Å²) in [7, 11) is 0. The Morgan fingerprint density at radius 2 is 1.40 bits per heavy atom. The summed E-state index contributed by atoms with van der Waals surface area (Å²) in [5, 5.41) is 7.03. The van der Waals surface area contributed by atoms with Crippen LogP contribution in [0.1, 0.15) is 99.6 Å². The van der Waals surface area contributed by atoms with Gasteiger partial charge in [-0.3, -0.25) is 4.68 Å². The predicted octanol–water partition coefficient (Wildman–Crippen LogP) is 12.8. The molecular formula is C59H59FN6O4. The SMILES string of the molecule is CC[C@@H](C)Oc1nc(N2C[C@@H]3C[C@H]2CN3C(=O)OC(C)(C)C)c2cc(C3CC3)c(-c3c(C)c(F)cc4nn(C(c5ccccc5)(c5ccccc5)c5ccccc5)cc34)c(OCc3ccccc3)c2n1. The molecule has 11 rings (SSSR count). The van der Waals surface area contributed by atoms with Gasteiger partial charge in [0.1, 0.15) is 34.9 Å². The third kappa shape index (κ3) is 8.08. The van der Waals surface area contributed by atoms with E-state index >= 15 is 4.39 Å². The summed E-state index contributed by atoms with van der Waals surface area (Å²) >= 11 is 0. The zero-order chi connectivity index (χ0) is 48.3. The largest absolute Gasteiger partial charge is 0.486 e. The summed E-state index contributed by atoms with van der Waals surface area (Å²) < 4.78 is 38.8. The summed E-state index contributed by atoms with van der Waals surface area (Å²) in [6, 6.07) is 45.4. The average Bonchev–Trinajstić information content (AvgIpc) is 3.80. The molecule has 3 atom stereocenters. The molecule has 1 amide bonds. The first-order chi connectivity index (χ1) is 33.9. The van der Waals surface area contributed by atoms with Gasteiger partial charge in [-0.1, -0.05) is 128 Å². The van der Waals surface area contributed by atoms with E-state index in [1.165, 1.54) is 0 Å². The van der Waals surface area contributed by atoms with E-state index in [-0.39, 0.29) is 48.6 Å². The predicted molar refractivity (Wildman–Crippen MR) is 273 cm³/mol. The molecule has 1 aliphatic carbocycles. The Labute approximate surface area is 409 Å². The van der Waals surface area contributed by atoms with Crippen molar-refractivity contribution in [2.45, 2.75) is 109 Å². The van der Waals surface area contributed by atoms with Gasteiger partial charge in [-0.25, -0.2) is 9.18 Å². The topological polar surface area (TPSA) is 94.8 Å². The second-order valence-electron chi connectivity index (χ2n) is 20.3. The van der Waals surface area contributed by atoms with Crippen LogP contribution in [-0.4, -0.2) is 67.6 Å². The standard InChI is InChI=1S/C59H59FN6O4/c1-7-37(2)69-56-61-53-47(55(62-56)64-33-45-30-44(64)34-65(45)57(67)70-58(4,5)6)31-46(40-28-29-40)52(54(53)68-36-39-20-12-8-13-21-39)51-38(3)49(60)32-50-48(51)35-66(63-50)59(41-22-14-9-15-23-41,42-24-16-10-17-25-42)43-26-18-11-19-27-43/h8-27,31-32,35,37,40,44-45H,7,28-30,33-34,36H2,1-6H3/t37-,44+,45+/m1/s1. The number of aromatic nitrogens is 4. The number of piperazine rings is 1. The van der Waals surface area contributed by atoms with Crippen molar-refractivity contribution in [2.75, 3.05) is 18.0 Å². The molecule has 0 radical (unpaired) electrons. The summed E-state index contributed by atoms with van der Waals surface area (Å²) in [4.78, 5) is 28.1. The molecule has 2 aromatic heterocycles. The number of hydrogen-bond acceptors (Lipinski definition) is 8. The number of fused-ring (bicyclic) bond motifs is 4. The van der Waals surface area contributed by atoms with Crippen molar-refractivity contribution in [3.63, 3.8) is 0 Å². The molecule has 4 heterocycles. The van der Waals surface area contributed by atoms with Gasteiger partial charge in [-0.15, -0.1) is 0 Å². The van der Waals surface area contributed by atoms with Crippen molar-refractivity contribution in [1.29, 1.82) is 0 Å². The number of halogens is 1. The van der Waals surface area contributed by atoms with Gasteiger partial charge < -0.3 is 24.0 Å². The maximum absolute atomic E-state index is 17.1. The molecule has 10 nitrogen and oxygen atoms in total. The van der Waals surface area contributed by atoms with E-state index in [1.54, 1.807) is 6.07 Å². The minimum atomic E-state index is -0.932. The van der Waals surface area contributed by atoms with Gasteiger partial charge in [0.25, 0.3) is 0 Å². The van der Waals surface area contributed by atoms with Crippen LogP contribution in [-0.2, 0) is 16.9 Å². The summed E-state index contributed by atoms with van der Waals surface area (Å²) in [6.07, 6.45) is 5.12. The zero-order valence-electron chi connectivity index (χ0n) is 40.7. The highest BCUT2D eigenvalue weighted by Gasteiger charge is 2.48. The summed E-state index contributed by atoms with van der Waals surface area (Å²) in [6.45, 7) is 13.0. The van der Waals surface area contributed by atoms with Crippen LogP contribution >= 0.6 is 0 Å². The van der Waals surface area contributed by atoms with Gasteiger partial charge in [0.15, 0.2) is 5.75 Å². The maximum atomic E-state index is 17.1. The minimum absolute atomic E-state index is 0.000145. The number of rotatable bonds is 13. The second-order valence-corrected chi connectivity index (χ2v) is 20.3. The molecule has 0 spiro atoms. The van der Waals surface area contributed by atoms with Crippen LogP contribution < -0.4 is 14.4 Å². The molecule has 0 unspecified atom stereocenters. The number of amides is 1. The second kappa shape index (κ2) is 17.9.